The van der Waals surface area contributed by atoms with Gasteiger partial charge in [-0.3, -0.25) is 0 Å². The van der Waals surface area contributed by atoms with Gasteiger partial charge in [0.25, 0.3) is 0 Å². The molecule has 0 fully saturated rings. The number of aromatic nitrogens is 1. The number of anilines is 2. The largest absolute Gasteiger partial charge is 0.573 e. The third-order valence-electron chi connectivity index (χ3n) is 3.71. The standard InChI is InChI=1S/C16H15F3N2O/c1-10-8-13(22-16(17,18)19)5-6-14(10)21-11(2)9-12-4-3-7-20-15(12)21/h3-8,11H,9H2,1-2H3. The molecule has 0 spiro atoms. The molecule has 0 saturated heterocycles. The summed E-state index contributed by atoms with van der Waals surface area (Å²) in [6.07, 6.45) is -2.09. The van der Waals surface area contributed by atoms with Gasteiger partial charge in [-0.05, 0) is 55.7 Å². The number of ether oxygens (including phenoxy) is 1. The highest BCUT2D eigenvalue weighted by Gasteiger charge is 2.32. The number of halogens is 3. The number of nitrogens with zero attached hydrogens (tertiary/aromatic N) is 2. The Bertz CT molecular complexity index is 700. The van der Waals surface area contributed by atoms with Crippen molar-refractivity contribution in [2.24, 2.45) is 0 Å². The first kappa shape index (κ1) is 14.7. The van der Waals surface area contributed by atoms with Gasteiger partial charge in [0, 0.05) is 17.9 Å². The molecular formula is C16H15F3N2O. The zero-order valence-electron chi connectivity index (χ0n) is 12.2. The molecule has 0 radical (unpaired) electrons. The van der Waals surface area contributed by atoms with Crippen LogP contribution in [0.2, 0.25) is 0 Å². The quantitative estimate of drug-likeness (QED) is 0.823. The second-order valence-corrected chi connectivity index (χ2v) is 5.41. The monoisotopic (exact) mass is 308 g/mol. The predicted octanol–water partition coefficient (Wildman–Crippen LogP) is 4.37. The Morgan fingerprint density at radius 2 is 2.05 bits per heavy atom. The van der Waals surface area contributed by atoms with Crippen molar-refractivity contribution in [2.75, 3.05) is 4.90 Å². The normalized spacial score (nSPS) is 17.5. The van der Waals surface area contributed by atoms with Crippen LogP contribution in [0.5, 0.6) is 5.75 Å². The summed E-state index contributed by atoms with van der Waals surface area (Å²) in [6, 6.07) is 8.51. The third kappa shape index (κ3) is 2.73. The Labute approximate surface area is 126 Å². The highest BCUT2D eigenvalue weighted by atomic mass is 19.4. The van der Waals surface area contributed by atoms with Gasteiger partial charge in [-0.25, -0.2) is 4.98 Å². The molecule has 2 heterocycles. The zero-order valence-corrected chi connectivity index (χ0v) is 12.2. The van der Waals surface area contributed by atoms with Crippen LogP contribution in [-0.4, -0.2) is 17.4 Å². The summed E-state index contributed by atoms with van der Waals surface area (Å²) in [6.45, 7) is 3.84. The van der Waals surface area contributed by atoms with E-state index in [4.69, 9.17) is 0 Å². The van der Waals surface area contributed by atoms with Crippen molar-refractivity contribution in [1.29, 1.82) is 0 Å². The van der Waals surface area contributed by atoms with E-state index in [2.05, 4.69) is 21.5 Å². The van der Waals surface area contributed by atoms with Crippen molar-refractivity contribution in [3.8, 4) is 5.75 Å². The maximum absolute atomic E-state index is 12.3. The van der Waals surface area contributed by atoms with Gasteiger partial charge in [0.05, 0.1) is 0 Å². The van der Waals surface area contributed by atoms with Crippen molar-refractivity contribution in [1.82, 2.24) is 4.98 Å². The molecule has 1 unspecified atom stereocenters. The number of fused-ring (bicyclic) bond motifs is 1. The lowest BCUT2D eigenvalue weighted by molar-refractivity contribution is -0.274. The topological polar surface area (TPSA) is 25.4 Å². The molecular weight excluding hydrogens is 293 g/mol. The molecule has 1 aromatic carbocycles. The first-order valence-electron chi connectivity index (χ1n) is 6.94. The summed E-state index contributed by atoms with van der Waals surface area (Å²) in [5, 5.41) is 0. The van der Waals surface area contributed by atoms with Crippen molar-refractivity contribution in [3.63, 3.8) is 0 Å². The van der Waals surface area contributed by atoms with Crippen molar-refractivity contribution < 1.29 is 17.9 Å². The first-order valence-corrected chi connectivity index (χ1v) is 6.94. The van der Waals surface area contributed by atoms with Crippen LogP contribution in [0.15, 0.2) is 36.5 Å². The second kappa shape index (κ2) is 5.19. The Kier molecular flexibility index (Phi) is 3.47. The van der Waals surface area contributed by atoms with E-state index < -0.39 is 6.36 Å². The van der Waals surface area contributed by atoms with Gasteiger partial charge in [-0.15, -0.1) is 13.2 Å². The van der Waals surface area contributed by atoms with Crippen molar-refractivity contribution in [3.05, 3.63) is 47.7 Å². The lowest BCUT2D eigenvalue weighted by Gasteiger charge is -2.26. The fourth-order valence-electron chi connectivity index (χ4n) is 2.87. The van der Waals surface area contributed by atoms with Crippen LogP contribution in [-0.2, 0) is 6.42 Å². The van der Waals surface area contributed by atoms with Gasteiger partial charge >= 0.3 is 6.36 Å². The van der Waals surface area contributed by atoms with E-state index in [1.807, 2.05) is 12.1 Å². The predicted molar refractivity (Wildman–Crippen MR) is 77.4 cm³/mol. The smallest absolute Gasteiger partial charge is 0.406 e. The van der Waals surface area contributed by atoms with E-state index in [0.717, 1.165) is 23.5 Å². The van der Waals surface area contributed by atoms with Gasteiger partial charge in [0.15, 0.2) is 0 Å². The average molecular weight is 308 g/mol. The Balaban J connectivity index is 1.96. The Hall–Kier alpha value is -2.24. The van der Waals surface area contributed by atoms with Crippen LogP contribution < -0.4 is 9.64 Å². The number of pyridine rings is 1. The van der Waals surface area contributed by atoms with Gasteiger partial charge < -0.3 is 9.64 Å². The lowest BCUT2D eigenvalue weighted by Crippen LogP contribution is -2.25. The summed E-state index contributed by atoms with van der Waals surface area (Å²) in [4.78, 5) is 6.46. The minimum absolute atomic E-state index is 0.206. The number of hydrogen-bond acceptors (Lipinski definition) is 3. The molecule has 116 valence electrons. The molecule has 6 heteroatoms. The van der Waals surface area contributed by atoms with Crippen LogP contribution in [0.4, 0.5) is 24.7 Å². The SMILES string of the molecule is Cc1cc(OC(F)(F)F)ccc1N1c2ncccc2CC1C. The number of benzene rings is 1. The summed E-state index contributed by atoms with van der Waals surface area (Å²) < 4.78 is 40.8. The minimum Gasteiger partial charge on any atom is -0.406 e. The summed E-state index contributed by atoms with van der Waals surface area (Å²) in [5.41, 5.74) is 2.71. The Morgan fingerprint density at radius 3 is 2.73 bits per heavy atom. The summed E-state index contributed by atoms with van der Waals surface area (Å²) in [7, 11) is 0. The molecule has 1 aliphatic rings. The molecule has 0 N–H and O–H groups in total. The van der Waals surface area contributed by atoms with E-state index in [0.29, 0.717) is 5.56 Å². The second-order valence-electron chi connectivity index (χ2n) is 5.41. The first-order chi connectivity index (χ1) is 10.3. The maximum atomic E-state index is 12.3. The van der Waals surface area contributed by atoms with E-state index in [-0.39, 0.29) is 11.8 Å². The highest BCUT2D eigenvalue weighted by Crippen LogP contribution is 2.39. The number of aryl methyl sites for hydroxylation is 1. The fraction of sp³-hybridized carbons (Fsp3) is 0.312. The number of alkyl halides is 3. The van der Waals surface area contributed by atoms with E-state index in [1.54, 1.807) is 19.2 Å². The molecule has 0 saturated carbocycles. The van der Waals surface area contributed by atoms with Gasteiger partial charge in [-0.1, -0.05) is 6.07 Å². The lowest BCUT2D eigenvalue weighted by atomic mass is 10.1. The van der Waals surface area contributed by atoms with E-state index >= 15 is 0 Å². The molecule has 1 atom stereocenters. The van der Waals surface area contributed by atoms with E-state index in [1.165, 1.54) is 12.1 Å². The molecule has 1 aromatic heterocycles. The zero-order chi connectivity index (χ0) is 15.9. The van der Waals surface area contributed by atoms with Crippen LogP contribution in [0, 0.1) is 6.92 Å². The van der Waals surface area contributed by atoms with Crippen LogP contribution in [0.25, 0.3) is 0 Å². The molecule has 0 amide bonds. The molecule has 22 heavy (non-hydrogen) atoms. The maximum Gasteiger partial charge on any atom is 0.573 e. The molecule has 3 nitrogen and oxygen atoms in total. The Morgan fingerprint density at radius 1 is 1.27 bits per heavy atom. The van der Waals surface area contributed by atoms with Crippen LogP contribution in [0.1, 0.15) is 18.1 Å². The van der Waals surface area contributed by atoms with E-state index in [9.17, 15) is 13.2 Å². The van der Waals surface area contributed by atoms with Gasteiger partial charge in [-0.2, -0.15) is 0 Å². The minimum atomic E-state index is -4.68. The summed E-state index contributed by atoms with van der Waals surface area (Å²) in [5.74, 6) is 0.657. The molecule has 0 bridgehead atoms. The van der Waals surface area contributed by atoms with Gasteiger partial charge in [0.1, 0.15) is 11.6 Å². The number of hydrogen-bond donors (Lipinski definition) is 0. The molecule has 2 aromatic rings. The molecule has 1 aliphatic heterocycles. The summed E-state index contributed by atoms with van der Waals surface area (Å²) >= 11 is 0. The average Bonchev–Trinajstić information content (AvgIpc) is 2.73. The molecule has 0 aliphatic carbocycles. The third-order valence-corrected chi connectivity index (χ3v) is 3.71. The van der Waals surface area contributed by atoms with Crippen LogP contribution in [0.3, 0.4) is 0 Å². The van der Waals surface area contributed by atoms with Crippen LogP contribution >= 0.6 is 0 Å². The number of rotatable bonds is 2. The van der Waals surface area contributed by atoms with Crippen molar-refractivity contribution in [2.45, 2.75) is 32.7 Å². The molecule has 3 rings (SSSR count). The van der Waals surface area contributed by atoms with Gasteiger partial charge in [0.2, 0.25) is 0 Å². The van der Waals surface area contributed by atoms with Crippen molar-refractivity contribution >= 4 is 11.5 Å². The fourth-order valence-corrected chi connectivity index (χ4v) is 2.87. The highest BCUT2D eigenvalue weighted by molar-refractivity contribution is 5.70.